The van der Waals surface area contributed by atoms with Crippen LogP contribution in [0.1, 0.15) is 18.2 Å². The van der Waals surface area contributed by atoms with Gasteiger partial charge in [-0.05, 0) is 47.5 Å². The van der Waals surface area contributed by atoms with Gasteiger partial charge >= 0.3 is 0 Å². The summed E-state index contributed by atoms with van der Waals surface area (Å²) >= 11 is 3.35. The standard InChI is InChI=1S/C14H15BrFN3/c1-4-10-8(2)18-14(19-13(10)17-3)11-6-5-9(16)7-12(11)15/h5-7H,4H2,1-3H3,(H,17,18,19). The number of hydrogen-bond acceptors (Lipinski definition) is 3. The van der Waals surface area contributed by atoms with Crippen molar-refractivity contribution in [2.45, 2.75) is 20.3 Å². The third kappa shape index (κ3) is 2.76. The van der Waals surface area contributed by atoms with Crippen molar-refractivity contribution in [1.29, 1.82) is 0 Å². The zero-order valence-corrected chi connectivity index (χ0v) is 12.7. The molecule has 0 bridgehead atoms. The number of aryl methyl sites for hydroxylation is 1. The molecule has 0 unspecified atom stereocenters. The molecule has 0 atom stereocenters. The number of anilines is 1. The van der Waals surface area contributed by atoms with Gasteiger partial charge in [0.2, 0.25) is 0 Å². The Hall–Kier alpha value is -1.49. The molecule has 5 heteroatoms. The van der Waals surface area contributed by atoms with Crippen LogP contribution in [-0.2, 0) is 6.42 Å². The van der Waals surface area contributed by atoms with E-state index in [-0.39, 0.29) is 5.82 Å². The summed E-state index contributed by atoms with van der Waals surface area (Å²) in [5.74, 6) is 1.12. The summed E-state index contributed by atoms with van der Waals surface area (Å²) in [4.78, 5) is 9.02. The maximum Gasteiger partial charge on any atom is 0.162 e. The second kappa shape index (κ2) is 5.65. The van der Waals surface area contributed by atoms with E-state index in [1.807, 2.05) is 14.0 Å². The molecule has 0 radical (unpaired) electrons. The Morgan fingerprint density at radius 2 is 2.05 bits per heavy atom. The fraction of sp³-hybridized carbons (Fsp3) is 0.286. The minimum Gasteiger partial charge on any atom is -0.373 e. The summed E-state index contributed by atoms with van der Waals surface area (Å²) in [7, 11) is 1.84. The molecule has 0 spiro atoms. The van der Waals surface area contributed by atoms with E-state index in [0.29, 0.717) is 10.3 Å². The van der Waals surface area contributed by atoms with Gasteiger partial charge in [-0.1, -0.05) is 6.92 Å². The average molecular weight is 324 g/mol. The van der Waals surface area contributed by atoms with Crippen molar-refractivity contribution in [1.82, 2.24) is 9.97 Å². The van der Waals surface area contributed by atoms with E-state index in [1.54, 1.807) is 6.07 Å². The Balaban J connectivity index is 2.60. The Morgan fingerprint density at radius 1 is 1.32 bits per heavy atom. The van der Waals surface area contributed by atoms with Gasteiger partial charge in [0, 0.05) is 28.3 Å². The maximum atomic E-state index is 13.1. The lowest BCUT2D eigenvalue weighted by atomic mass is 10.1. The smallest absolute Gasteiger partial charge is 0.162 e. The Labute approximate surface area is 120 Å². The third-order valence-corrected chi connectivity index (χ3v) is 3.63. The van der Waals surface area contributed by atoms with E-state index in [2.05, 4.69) is 38.1 Å². The first-order valence-corrected chi connectivity index (χ1v) is 6.86. The summed E-state index contributed by atoms with van der Waals surface area (Å²) in [6.45, 7) is 4.03. The molecule has 0 aliphatic heterocycles. The van der Waals surface area contributed by atoms with E-state index >= 15 is 0 Å². The monoisotopic (exact) mass is 323 g/mol. The van der Waals surface area contributed by atoms with Crippen molar-refractivity contribution < 1.29 is 4.39 Å². The van der Waals surface area contributed by atoms with Crippen molar-refractivity contribution in [3.63, 3.8) is 0 Å². The van der Waals surface area contributed by atoms with Crippen LogP contribution in [0, 0.1) is 12.7 Å². The zero-order chi connectivity index (χ0) is 14.0. The van der Waals surface area contributed by atoms with Crippen molar-refractivity contribution in [3.05, 3.63) is 39.7 Å². The molecule has 2 aromatic rings. The molecule has 0 saturated heterocycles. The predicted octanol–water partition coefficient (Wildman–Crippen LogP) is 3.96. The summed E-state index contributed by atoms with van der Waals surface area (Å²) < 4.78 is 13.8. The minimum absolute atomic E-state index is 0.286. The number of halogens is 2. The zero-order valence-electron chi connectivity index (χ0n) is 11.1. The molecule has 2 rings (SSSR count). The number of nitrogens with zero attached hydrogens (tertiary/aromatic N) is 2. The van der Waals surface area contributed by atoms with Crippen LogP contribution in [0.3, 0.4) is 0 Å². The number of nitrogens with one attached hydrogen (secondary N) is 1. The Bertz CT molecular complexity index is 614. The van der Waals surface area contributed by atoms with Gasteiger partial charge in [0.15, 0.2) is 5.82 Å². The highest BCUT2D eigenvalue weighted by Gasteiger charge is 2.13. The highest BCUT2D eigenvalue weighted by Crippen LogP contribution is 2.28. The van der Waals surface area contributed by atoms with Crippen molar-refractivity contribution in [2.75, 3.05) is 12.4 Å². The second-order valence-electron chi connectivity index (χ2n) is 4.19. The average Bonchev–Trinajstić information content (AvgIpc) is 2.37. The lowest BCUT2D eigenvalue weighted by Crippen LogP contribution is -2.05. The molecule has 100 valence electrons. The summed E-state index contributed by atoms with van der Waals surface area (Å²) in [5, 5.41) is 3.09. The molecule has 0 saturated carbocycles. The van der Waals surface area contributed by atoms with Crippen LogP contribution in [0.4, 0.5) is 10.2 Å². The normalized spacial score (nSPS) is 10.6. The molecule has 0 fully saturated rings. The fourth-order valence-electron chi connectivity index (χ4n) is 2.02. The number of rotatable bonds is 3. The molecule has 1 aromatic carbocycles. The molecule has 1 aromatic heterocycles. The van der Waals surface area contributed by atoms with Gasteiger partial charge in [-0.25, -0.2) is 14.4 Å². The molecule has 3 nitrogen and oxygen atoms in total. The highest BCUT2D eigenvalue weighted by atomic mass is 79.9. The molecule has 0 aliphatic rings. The third-order valence-electron chi connectivity index (χ3n) is 2.98. The van der Waals surface area contributed by atoms with E-state index in [0.717, 1.165) is 29.1 Å². The first-order chi connectivity index (χ1) is 9.06. The van der Waals surface area contributed by atoms with Crippen LogP contribution in [0.25, 0.3) is 11.4 Å². The molecule has 0 amide bonds. The molecule has 1 N–H and O–H groups in total. The van der Waals surface area contributed by atoms with E-state index < -0.39 is 0 Å². The van der Waals surface area contributed by atoms with Gasteiger partial charge in [0.05, 0.1) is 0 Å². The summed E-state index contributed by atoms with van der Waals surface area (Å²) in [5.41, 5.74) is 2.82. The minimum atomic E-state index is -0.286. The number of aromatic nitrogens is 2. The van der Waals surface area contributed by atoms with Gasteiger partial charge in [0.25, 0.3) is 0 Å². The topological polar surface area (TPSA) is 37.8 Å². The van der Waals surface area contributed by atoms with Gasteiger partial charge in [0.1, 0.15) is 11.6 Å². The number of benzene rings is 1. The van der Waals surface area contributed by atoms with Crippen molar-refractivity contribution >= 4 is 21.7 Å². The Morgan fingerprint density at radius 3 is 2.63 bits per heavy atom. The van der Waals surface area contributed by atoms with Crippen molar-refractivity contribution in [2.24, 2.45) is 0 Å². The summed E-state index contributed by atoms with van der Waals surface area (Å²) in [6, 6.07) is 4.51. The molecular formula is C14H15BrFN3. The van der Waals surface area contributed by atoms with Gasteiger partial charge in [-0.15, -0.1) is 0 Å². The van der Waals surface area contributed by atoms with E-state index in [9.17, 15) is 4.39 Å². The number of hydrogen-bond donors (Lipinski definition) is 1. The lowest BCUT2D eigenvalue weighted by molar-refractivity contribution is 0.627. The Kier molecular flexibility index (Phi) is 4.14. The first-order valence-electron chi connectivity index (χ1n) is 6.07. The molecular weight excluding hydrogens is 309 g/mol. The van der Waals surface area contributed by atoms with Crippen LogP contribution in [0.5, 0.6) is 0 Å². The van der Waals surface area contributed by atoms with Crippen molar-refractivity contribution in [3.8, 4) is 11.4 Å². The van der Waals surface area contributed by atoms with Crippen LogP contribution in [-0.4, -0.2) is 17.0 Å². The largest absolute Gasteiger partial charge is 0.373 e. The second-order valence-corrected chi connectivity index (χ2v) is 5.04. The van der Waals surface area contributed by atoms with Gasteiger partial charge in [-0.2, -0.15) is 0 Å². The van der Waals surface area contributed by atoms with Gasteiger partial charge < -0.3 is 5.32 Å². The first kappa shape index (κ1) is 13.9. The molecule has 1 heterocycles. The maximum absolute atomic E-state index is 13.1. The summed E-state index contributed by atoms with van der Waals surface area (Å²) in [6.07, 6.45) is 0.868. The van der Waals surface area contributed by atoms with Crippen LogP contribution >= 0.6 is 15.9 Å². The molecule has 19 heavy (non-hydrogen) atoms. The van der Waals surface area contributed by atoms with E-state index in [1.165, 1.54) is 12.1 Å². The van der Waals surface area contributed by atoms with Crippen LogP contribution < -0.4 is 5.32 Å². The van der Waals surface area contributed by atoms with E-state index in [4.69, 9.17) is 0 Å². The fourth-order valence-corrected chi connectivity index (χ4v) is 2.55. The lowest BCUT2D eigenvalue weighted by Gasteiger charge is -2.12. The van der Waals surface area contributed by atoms with Gasteiger partial charge in [-0.3, -0.25) is 0 Å². The SMILES string of the molecule is CCc1c(C)nc(-c2ccc(F)cc2Br)nc1NC. The van der Waals surface area contributed by atoms with Crippen LogP contribution in [0.2, 0.25) is 0 Å². The van der Waals surface area contributed by atoms with Crippen LogP contribution in [0.15, 0.2) is 22.7 Å². The quantitative estimate of drug-likeness (QED) is 0.929. The molecule has 0 aliphatic carbocycles. The predicted molar refractivity (Wildman–Crippen MR) is 78.8 cm³/mol. The highest BCUT2D eigenvalue weighted by molar-refractivity contribution is 9.10.